The van der Waals surface area contributed by atoms with E-state index in [-0.39, 0.29) is 5.82 Å². The largest absolute Gasteiger partial charge is 0.487 e. The first-order valence-corrected chi connectivity index (χ1v) is 10.6. The molecule has 6 heteroatoms. The van der Waals surface area contributed by atoms with E-state index in [0.29, 0.717) is 12.4 Å². The number of pyridine rings is 1. The minimum absolute atomic E-state index is 0.256. The number of anilines is 3. The van der Waals surface area contributed by atoms with E-state index in [2.05, 4.69) is 46.1 Å². The summed E-state index contributed by atoms with van der Waals surface area (Å²) >= 11 is 0. The Hall–Kier alpha value is -3.12. The van der Waals surface area contributed by atoms with Crippen LogP contribution in [0.4, 0.5) is 21.6 Å². The summed E-state index contributed by atoms with van der Waals surface area (Å²) in [7, 11) is 6.10. The van der Waals surface area contributed by atoms with Crippen LogP contribution < -0.4 is 14.5 Å². The third-order valence-electron chi connectivity index (χ3n) is 5.63. The van der Waals surface area contributed by atoms with E-state index in [1.54, 1.807) is 12.1 Å². The summed E-state index contributed by atoms with van der Waals surface area (Å²) in [6.45, 7) is 2.99. The predicted molar refractivity (Wildman–Crippen MR) is 124 cm³/mol. The Bertz CT molecular complexity index is 1020. The molecule has 0 spiro atoms. The molecule has 31 heavy (non-hydrogen) atoms. The second kappa shape index (κ2) is 9.35. The number of likely N-dealkylation sites (N-methyl/N-ethyl adjacent to an activating group) is 1. The molecule has 0 fully saturated rings. The van der Waals surface area contributed by atoms with Crippen molar-refractivity contribution in [3.63, 3.8) is 0 Å². The Balaban J connectivity index is 1.44. The number of aromatic nitrogens is 1. The van der Waals surface area contributed by atoms with Crippen LogP contribution in [0.2, 0.25) is 0 Å². The van der Waals surface area contributed by atoms with Gasteiger partial charge >= 0.3 is 0 Å². The molecule has 0 aliphatic carbocycles. The predicted octanol–water partition coefficient (Wildman–Crippen LogP) is 4.49. The lowest BCUT2D eigenvalue weighted by Crippen LogP contribution is -2.32. The van der Waals surface area contributed by atoms with Crippen molar-refractivity contribution in [3.05, 3.63) is 77.7 Å². The van der Waals surface area contributed by atoms with Gasteiger partial charge in [-0.15, -0.1) is 0 Å². The number of hydrogen-bond donors (Lipinski definition) is 0. The second-order valence-corrected chi connectivity index (χ2v) is 8.15. The van der Waals surface area contributed by atoms with Crippen LogP contribution in [0.5, 0.6) is 5.75 Å². The quantitative estimate of drug-likeness (QED) is 0.562. The van der Waals surface area contributed by atoms with E-state index in [1.807, 2.05) is 37.3 Å². The summed E-state index contributed by atoms with van der Waals surface area (Å²) in [5.41, 5.74) is 4.18. The minimum atomic E-state index is -0.256. The zero-order valence-electron chi connectivity index (χ0n) is 18.4. The third-order valence-corrected chi connectivity index (χ3v) is 5.63. The van der Waals surface area contributed by atoms with Gasteiger partial charge in [-0.2, -0.15) is 0 Å². The number of rotatable bonds is 7. The fourth-order valence-corrected chi connectivity index (χ4v) is 3.78. The fourth-order valence-electron chi connectivity index (χ4n) is 3.78. The normalized spacial score (nSPS) is 12.7. The van der Waals surface area contributed by atoms with Gasteiger partial charge in [0.05, 0.1) is 5.69 Å². The Morgan fingerprint density at radius 1 is 1.00 bits per heavy atom. The molecule has 1 aliphatic heterocycles. The molecule has 1 aromatic heterocycles. The molecular weight excluding hydrogens is 391 g/mol. The molecule has 0 bridgehead atoms. The van der Waals surface area contributed by atoms with Gasteiger partial charge in [0.25, 0.3) is 0 Å². The van der Waals surface area contributed by atoms with E-state index in [9.17, 15) is 4.39 Å². The molecule has 5 nitrogen and oxygen atoms in total. The molecule has 0 radical (unpaired) electrons. The first kappa shape index (κ1) is 21.1. The van der Waals surface area contributed by atoms with E-state index in [4.69, 9.17) is 4.74 Å². The van der Waals surface area contributed by atoms with Crippen LogP contribution in [0.15, 0.2) is 60.8 Å². The van der Waals surface area contributed by atoms with Gasteiger partial charge in [-0.05, 0) is 43.3 Å². The van der Waals surface area contributed by atoms with Crippen molar-refractivity contribution in [2.75, 3.05) is 50.6 Å². The van der Waals surface area contributed by atoms with Crippen molar-refractivity contribution in [2.24, 2.45) is 0 Å². The average Bonchev–Trinajstić information content (AvgIpc) is 2.93. The smallest absolute Gasteiger partial charge is 0.143 e. The highest BCUT2D eigenvalue weighted by atomic mass is 19.1. The van der Waals surface area contributed by atoms with Gasteiger partial charge in [0.2, 0.25) is 0 Å². The molecule has 2 aromatic carbocycles. The summed E-state index contributed by atoms with van der Waals surface area (Å²) in [4.78, 5) is 11.0. The summed E-state index contributed by atoms with van der Waals surface area (Å²) in [6, 6.07) is 17.1. The van der Waals surface area contributed by atoms with Crippen molar-refractivity contribution < 1.29 is 9.13 Å². The van der Waals surface area contributed by atoms with E-state index in [1.165, 1.54) is 11.6 Å². The molecule has 1 aliphatic rings. The maximum atomic E-state index is 14.1. The Kier molecular flexibility index (Phi) is 6.37. The lowest BCUT2D eigenvalue weighted by atomic mass is 10.1. The third kappa shape index (κ3) is 4.97. The number of para-hydroxylation sites is 1. The fraction of sp³-hybridized carbons (Fsp3) is 0.320. The lowest BCUT2D eigenvalue weighted by molar-refractivity contribution is 0.310. The van der Waals surface area contributed by atoms with Crippen molar-refractivity contribution in [1.29, 1.82) is 0 Å². The maximum Gasteiger partial charge on any atom is 0.143 e. The summed E-state index contributed by atoms with van der Waals surface area (Å²) < 4.78 is 20.0. The lowest BCUT2D eigenvalue weighted by Gasteiger charge is -2.28. The topological polar surface area (TPSA) is 31.8 Å². The molecule has 0 saturated heterocycles. The summed E-state index contributed by atoms with van der Waals surface area (Å²) in [5.74, 6) is 1.42. The highest BCUT2D eigenvalue weighted by molar-refractivity contribution is 5.72. The summed E-state index contributed by atoms with van der Waals surface area (Å²) in [6.07, 6.45) is 2.88. The Morgan fingerprint density at radius 3 is 2.61 bits per heavy atom. The number of halogens is 1. The maximum absolute atomic E-state index is 14.1. The molecular formula is C25H29FN4O. The first-order valence-electron chi connectivity index (χ1n) is 10.6. The number of fused-ring (bicyclic) bond motifs is 2. The van der Waals surface area contributed by atoms with Crippen LogP contribution in [0.25, 0.3) is 0 Å². The van der Waals surface area contributed by atoms with Crippen LogP contribution in [0.1, 0.15) is 11.1 Å². The molecule has 0 saturated carbocycles. The number of benzene rings is 2. The van der Waals surface area contributed by atoms with Crippen LogP contribution in [-0.4, -0.2) is 50.7 Å². The van der Waals surface area contributed by atoms with Gasteiger partial charge in [-0.3, -0.25) is 0 Å². The van der Waals surface area contributed by atoms with Crippen molar-refractivity contribution in [1.82, 2.24) is 9.88 Å². The monoisotopic (exact) mass is 420 g/mol. The van der Waals surface area contributed by atoms with Crippen LogP contribution >= 0.6 is 0 Å². The highest BCUT2D eigenvalue weighted by Gasteiger charge is 2.22. The Morgan fingerprint density at radius 2 is 1.84 bits per heavy atom. The molecule has 0 amide bonds. The molecule has 2 heterocycles. The van der Waals surface area contributed by atoms with Crippen LogP contribution in [0.3, 0.4) is 0 Å². The summed E-state index contributed by atoms with van der Waals surface area (Å²) in [5, 5.41) is 0. The van der Waals surface area contributed by atoms with Gasteiger partial charge in [0.1, 0.15) is 24.0 Å². The Labute approximate surface area is 183 Å². The zero-order chi connectivity index (χ0) is 21.8. The van der Waals surface area contributed by atoms with Crippen molar-refractivity contribution >= 4 is 17.2 Å². The molecule has 162 valence electrons. The number of nitrogens with zero attached hydrogens (tertiary/aromatic N) is 4. The first-order chi connectivity index (χ1) is 15.0. The van der Waals surface area contributed by atoms with Crippen molar-refractivity contribution in [2.45, 2.75) is 13.0 Å². The van der Waals surface area contributed by atoms with Crippen LogP contribution in [-0.2, 0) is 13.0 Å². The molecule has 3 aromatic rings. The molecule has 0 N–H and O–H groups in total. The van der Waals surface area contributed by atoms with Gasteiger partial charge in [-0.1, -0.05) is 24.3 Å². The van der Waals surface area contributed by atoms with Gasteiger partial charge in [-0.25, -0.2) is 9.37 Å². The van der Waals surface area contributed by atoms with Crippen molar-refractivity contribution in [3.8, 4) is 5.75 Å². The van der Waals surface area contributed by atoms with Gasteiger partial charge < -0.3 is 19.4 Å². The SMILES string of the molecule is CN(CCc1ccc(N(C)C)nc1)CCN1c2ccccc2COc2ccc(F)cc21. The van der Waals surface area contributed by atoms with E-state index < -0.39 is 0 Å². The second-order valence-electron chi connectivity index (χ2n) is 8.15. The highest BCUT2D eigenvalue weighted by Crippen LogP contribution is 2.39. The molecule has 0 atom stereocenters. The van der Waals surface area contributed by atoms with Crippen LogP contribution in [0, 0.1) is 5.82 Å². The van der Waals surface area contributed by atoms with Gasteiger partial charge in [0, 0.05) is 57.2 Å². The average molecular weight is 421 g/mol. The van der Waals surface area contributed by atoms with Gasteiger partial charge in [0.15, 0.2) is 0 Å². The number of ether oxygens (including phenoxy) is 1. The van der Waals surface area contributed by atoms with E-state index >= 15 is 0 Å². The molecule has 4 rings (SSSR count). The van der Waals surface area contributed by atoms with E-state index in [0.717, 1.165) is 48.8 Å². The zero-order valence-corrected chi connectivity index (χ0v) is 18.4. The number of hydrogen-bond acceptors (Lipinski definition) is 5. The standard InChI is InChI=1S/C25H29FN4O/c1-28(2)25-11-8-19(17-27-25)12-13-29(3)14-15-30-22-7-5-4-6-20(22)18-31-24-10-9-21(26)16-23(24)30/h4-11,16-17H,12-15,18H2,1-3H3. The minimum Gasteiger partial charge on any atom is -0.487 e. The molecule has 0 unspecified atom stereocenters.